The molecule has 0 aliphatic rings. The summed E-state index contributed by atoms with van der Waals surface area (Å²) >= 11 is 0. The Hall–Kier alpha value is -1.93. The number of aryl methyl sites for hydroxylation is 2. The summed E-state index contributed by atoms with van der Waals surface area (Å²) in [5, 5.41) is 7.63. The van der Waals surface area contributed by atoms with E-state index in [2.05, 4.69) is 14.9 Å². The molecule has 2 rings (SSSR count). The number of benzene rings is 1. The summed E-state index contributed by atoms with van der Waals surface area (Å²) in [6.07, 6.45) is 1.52. The Morgan fingerprint density at radius 2 is 2.10 bits per heavy atom. The molecule has 0 saturated carbocycles. The lowest BCUT2D eigenvalue weighted by Gasteiger charge is -2.15. The van der Waals surface area contributed by atoms with E-state index in [0.29, 0.717) is 17.1 Å². The van der Waals surface area contributed by atoms with E-state index in [1.54, 1.807) is 37.6 Å². The molecule has 0 saturated heterocycles. The summed E-state index contributed by atoms with van der Waals surface area (Å²) in [7, 11) is -1.88. The van der Waals surface area contributed by atoms with E-state index < -0.39 is 16.1 Å². The summed E-state index contributed by atoms with van der Waals surface area (Å²) in [5.74, 6) is 0.543. The van der Waals surface area contributed by atoms with Gasteiger partial charge in [0.25, 0.3) is 0 Å². The van der Waals surface area contributed by atoms with E-state index in [1.165, 1.54) is 12.4 Å². The highest BCUT2D eigenvalue weighted by Crippen LogP contribution is 2.20. The number of nitrogen functional groups attached to an aromatic ring is 1. The van der Waals surface area contributed by atoms with Crippen LogP contribution in [-0.2, 0) is 17.1 Å². The first-order valence-electron chi connectivity index (χ1n) is 6.03. The van der Waals surface area contributed by atoms with Gasteiger partial charge in [-0.3, -0.25) is 0 Å². The molecule has 0 radical (unpaired) electrons. The standard InChI is InChI=1S/C12H17N5O2S/c1-8-6-10(13)4-5-11(8)20(18,19)16-9(2)12-15-14-7-17(12)3/h4-7,9,16H,13H2,1-3H3. The van der Waals surface area contributed by atoms with Gasteiger partial charge in [0.05, 0.1) is 10.9 Å². The molecule has 108 valence electrons. The van der Waals surface area contributed by atoms with E-state index in [-0.39, 0.29) is 4.90 Å². The van der Waals surface area contributed by atoms with Crippen LogP contribution in [0.1, 0.15) is 24.4 Å². The van der Waals surface area contributed by atoms with Crippen molar-refractivity contribution in [2.75, 3.05) is 5.73 Å². The van der Waals surface area contributed by atoms with Gasteiger partial charge in [-0.05, 0) is 37.6 Å². The predicted octanol–water partition coefficient (Wildman–Crippen LogP) is 0.745. The summed E-state index contributed by atoms with van der Waals surface area (Å²) in [6.45, 7) is 3.42. The molecule has 1 atom stereocenters. The predicted molar refractivity (Wildman–Crippen MR) is 75.3 cm³/mol. The third-order valence-corrected chi connectivity index (χ3v) is 4.66. The molecule has 1 heterocycles. The van der Waals surface area contributed by atoms with Crippen LogP contribution < -0.4 is 10.5 Å². The molecule has 3 N–H and O–H groups in total. The van der Waals surface area contributed by atoms with E-state index in [0.717, 1.165) is 0 Å². The first-order chi connectivity index (χ1) is 9.31. The zero-order valence-corrected chi connectivity index (χ0v) is 12.3. The van der Waals surface area contributed by atoms with Gasteiger partial charge in [-0.15, -0.1) is 10.2 Å². The Kier molecular flexibility index (Phi) is 3.78. The van der Waals surface area contributed by atoms with Crippen molar-refractivity contribution in [2.24, 2.45) is 7.05 Å². The van der Waals surface area contributed by atoms with Crippen LogP contribution in [0.3, 0.4) is 0 Å². The number of hydrogen-bond acceptors (Lipinski definition) is 5. The van der Waals surface area contributed by atoms with Crippen LogP contribution in [-0.4, -0.2) is 23.2 Å². The summed E-state index contributed by atoms with van der Waals surface area (Å²) < 4.78 is 29.0. The second-order valence-corrected chi connectivity index (χ2v) is 6.35. The second-order valence-electron chi connectivity index (χ2n) is 4.67. The average Bonchev–Trinajstić information content (AvgIpc) is 2.74. The van der Waals surface area contributed by atoms with Gasteiger partial charge in [-0.2, -0.15) is 0 Å². The van der Waals surface area contributed by atoms with Crippen molar-refractivity contribution in [2.45, 2.75) is 24.8 Å². The van der Waals surface area contributed by atoms with E-state index in [1.807, 2.05) is 0 Å². The summed E-state index contributed by atoms with van der Waals surface area (Å²) in [5.41, 5.74) is 6.76. The Morgan fingerprint density at radius 1 is 1.40 bits per heavy atom. The monoisotopic (exact) mass is 295 g/mol. The van der Waals surface area contributed by atoms with Crippen molar-refractivity contribution in [3.05, 3.63) is 35.9 Å². The van der Waals surface area contributed by atoms with Gasteiger partial charge in [0.1, 0.15) is 12.2 Å². The molecule has 0 amide bonds. The fourth-order valence-electron chi connectivity index (χ4n) is 2.01. The molecule has 1 aromatic carbocycles. The number of hydrogen-bond donors (Lipinski definition) is 2. The highest BCUT2D eigenvalue weighted by atomic mass is 32.2. The second kappa shape index (κ2) is 5.22. The molecule has 20 heavy (non-hydrogen) atoms. The van der Waals surface area contributed by atoms with Crippen molar-refractivity contribution >= 4 is 15.7 Å². The highest BCUT2D eigenvalue weighted by molar-refractivity contribution is 7.89. The Balaban J connectivity index is 2.30. The molecule has 1 unspecified atom stereocenters. The highest BCUT2D eigenvalue weighted by Gasteiger charge is 2.22. The Bertz CT molecular complexity index is 723. The lowest BCUT2D eigenvalue weighted by atomic mass is 10.2. The van der Waals surface area contributed by atoms with Crippen LogP contribution in [0.4, 0.5) is 5.69 Å². The average molecular weight is 295 g/mol. The lowest BCUT2D eigenvalue weighted by Crippen LogP contribution is -2.29. The van der Waals surface area contributed by atoms with Gasteiger partial charge in [-0.25, -0.2) is 13.1 Å². The SMILES string of the molecule is Cc1cc(N)ccc1S(=O)(=O)NC(C)c1nncn1C. The fraction of sp³-hybridized carbons (Fsp3) is 0.333. The molecule has 0 fully saturated rings. The molecule has 1 aromatic heterocycles. The number of nitrogens with zero attached hydrogens (tertiary/aromatic N) is 3. The fourth-order valence-corrected chi connectivity index (χ4v) is 3.44. The maximum Gasteiger partial charge on any atom is 0.241 e. The largest absolute Gasteiger partial charge is 0.399 e. The number of rotatable bonds is 4. The van der Waals surface area contributed by atoms with Crippen molar-refractivity contribution in [3.63, 3.8) is 0 Å². The quantitative estimate of drug-likeness (QED) is 0.810. The molecule has 7 nitrogen and oxygen atoms in total. The third kappa shape index (κ3) is 2.81. The van der Waals surface area contributed by atoms with Crippen molar-refractivity contribution < 1.29 is 8.42 Å². The molecule has 0 aliphatic carbocycles. The van der Waals surface area contributed by atoms with Crippen LogP contribution in [0.5, 0.6) is 0 Å². The molecule has 0 aliphatic heterocycles. The van der Waals surface area contributed by atoms with Crippen molar-refractivity contribution in [3.8, 4) is 0 Å². The molecule has 0 spiro atoms. The number of anilines is 1. The number of nitrogens with one attached hydrogen (secondary N) is 1. The Labute approximate surface area is 117 Å². The first kappa shape index (κ1) is 14.5. The molecular formula is C12H17N5O2S. The third-order valence-electron chi connectivity index (χ3n) is 2.95. The zero-order valence-electron chi connectivity index (χ0n) is 11.5. The van der Waals surface area contributed by atoms with Gasteiger partial charge in [0, 0.05) is 12.7 Å². The molecule has 8 heteroatoms. The number of nitrogens with two attached hydrogens (primary N) is 1. The van der Waals surface area contributed by atoms with E-state index in [9.17, 15) is 8.42 Å². The summed E-state index contributed by atoms with van der Waals surface area (Å²) in [4.78, 5) is 0.209. The van der Waals surface area contributed by atoms with Crippen LogP contribution in [0.2, 0.25) is 0 Å². The molecule has 2 aromatic rings. The maximum atomic E-state index is 12.4. The van der Waals surface area contributed by atoms with Crippen LogP contribution in [0.25, 0.3) is 0 Å². The van der Waals surface area contributed by atoms with Crippen molar-refractivity contribution in [1.29, 1.82) is 0 Å². The molecular weight excluding hydrogens is 278 g/mol. The lowest BCUT2D eigenvalue weighted by molar-refractivity contribution is 0.553. The smallest absolute Gasteiger partial charge is 0.241 e. The zero-order chi connectivity index (χ0) is 14.9. The van der Waals surface area contributed by atoms with Gasteiger partial charge < -0.3 is 10.3 Å². The minimum atomic E-state index is -3.64. The van der Waals surface area contributed by atoms with E-state index in [4.69, 9.17) is 5.73 Å². The van der Waals surface area contributed by atoms with Crippen LogP contribution in [0, 0.1) is 6.92 Å². The van der Waals surface area contributed by atoms with Gasteiger partial charge in [0.2, 0.25) is 10.0 Å². The minimum absolute atomic E-state index is 0.209. The molecule has 0 bridgehead atoms. The normalized spacial score (nSPS) is 13.3. The van der Waals surface area contributed by atoms with E-state index >= 15 is 0 Å². The van der Waals surface area contributed by atoms with Gasteiger partial charge in [0.15, 0.2) is 0 Å². The van der Waals surface area contributed by atoms with Gasteiger partial charge in [-0.1, -0.05) is 0 Å². The number of aromatic nitrogens is 3. The minimum Gasteiger partial charge on any atom is -0.399 e. The first-order valence-corrected chi connectivity index (χ1v) is 7.52. The van der Waals surface area contributed by atoms with Crippen molar-refractivity contribution in [1.82, 2.24) is 19.5 Å². The van der Waals surface area contributed by atoms with Crippen LogP contribution >= 0.6 is 0 Å². The number of sulfonamides is 1. The van der Waals surface area contributed by atoms with Gasteiger partial charge >= 0.3 is 0 Å². The maximum absolute atomic E-state index is 12.4. The van der Waals surface area contributed by atoms with Crippen LogP contribution in [0.15, 0.2) is 29.4 Å². The topological polar surface area (TPSA) is 103 Å². The summed E-state index contributed by atoms with van der Waals surface area (Å²) in [6, 6.07) is 4.21. The Morgan fingerprint density at radius 3 is 2.65 bits per heavy atom.